The highest BCUT2D eigenvalue weighted by Crippen LogP contribution is 2.32. The number of aromatic nitrogens is 2. The number of amides is 1. The summed E-state index contributed by atoms with van der Waals surface area (Å²) >= 11 is 1.50. The zero-order valence-electron chi connectivity index (χ0n) is 13.1. The maximum absolute atomic E-state index is 13.2. The van der Waals surface area contributed by atoms with Gasteiger partial charge in [-0.25, -0.2) is 4.39 Å². The first-order chi connectivity index (χ1) is 12.1. The Morgan fingerprint density at radius 3 is 3.00 bits per heavy atom. The zero-order chi connectivity index (χ0) is 17.4. The Morgan fingerprint density at radius 2 is 2.24 bits per heavy atom. The van der Waals surface area contributed by atoms with E-state index in [0.717, 1.165) is 20.7 Å². The van der Waals surface area contributed by atoms with Crippen LogP contribution in [0.1, 0.15) is 16.1 Å². The lowest BCUT2D eigenvalue weighted by Gasteiger charge is -2.35. The number of thiophene rings is 1. The Morgan fingerprint density at radius 1 is 1.40 bits per heavy atom. The maximum atomic E-state index is 13.2. The van der Waals surface area contributed by atoms with E-state index in [1.54, 1.807) is 17.3 Å². The Bertz CT molecular complexity index is 939. The molecule has 2 N–H and O–H groups in total. The second kappa shape index (κ2) is 6.38. The van der Waals surface area contributed by atoms with Crippen LogP contribution in [0.5, 0.6) is 0 Å². The van der Waals surface area contributed by atoms with E-state index >= 15 is 0 Å². The molecule has 6 nitrogen and oxygen atoms in total. The number of rotatable bonds is 4. The summed E-state index contributed by atoms with van der Waals surface area (Å²) in [5.74, 6) is -0.543. The van der Waals surface area contributed by atoms with Crippen molar-refractivity contribution in [3.63, 3.8) is 0 Å². The molecule has 3 aromatic heterocycles. The zero-order valence-corrected chi connectivity index (χ0v) is 14.0. The molecule has 0 unspecified atom stereocenters. The number of aliphatic hydroxyl groups excluding tert-OH is 1. The van der Waals surface area contributed by atoms with Crippen LogP contribution in [0, 0.1) is 5.82 Å². The molecule has 1 saturated heterocycles. The van der Waals surface area contributed by atoms with Crippen molar-refractivity contribution in [3.8, 4) is 0 Å². The monoisotopic (exact) mass is 358 g/mol. The smallest absolute Gasteiger partial charge is 0.273 e. The molecule has 4 rings (SSSR count). The average Bonchev–Trinajstić information content (AvgIpc) is 2.99. The summed E-state index contributed by atoms with van der Waals surface area (Å²) in [7, 11) is 0. The molecule has 25 heavy (non-hydrogen) atoms. The van der Waals surface area contributed by atoms with Crippen LogP contribution in [0.4, 0.5) is 9.39 Å². The summed E-state index contributed by atoms with van der Waals surface area (Å²) in [4.78, 5) is 22.1. The van der Waals surface area contributed by atoms with E-state index in [0.29, 0.717) is 25.3 Å². The fourth-order valence-electron chi connectivity index (χ4n) is 2.73. The summed E-state index contributed by atoms with van der Waals surface area (Å²) in [6, 6.07) is 5.17. The molecule has 0 aromatic carbocycles. The van der Waals surface area contributed by atoms with Crippen LogP contribution in [0.3, 0.4) is 0 Å². The molecule has 0 spiro atoms. The minimum absolute atomic E-state index is 0.172. The van der Waals surface area contributed by atoms with Crippen LogP contribution in [-0.2, 0) is 6.54 Å². The summed E-state index contributed by atoms with van der Waals surface area (Å²) in [5.41, 5.74) is 1.13. The van der Waals surface area contributed by atoms with Crippen molar-refractivity contribution in [1.82, 2.24) is 14.9 Å². The van der Waals surface area contributed by atoms with Gasteiger partial charge in [0.25, 0.3) is 5.91 Å². The first kappa shape index (κ1) is 15.9. The van der Waals surface area contributed by atoms with Crippen LogP contribution < -0.4 is 5.32 Å². The van der Waals surface area contributed by atoms with Gasteiger partial charge in [0, 0.05) is 42.1 Å². The van der Waals surface area contributed by atoms with Gasteiger partial charge in [-0.2, -0.15) is 0 Å². The van der Waals surface area contributed by atoms with Crippen LogP contribution >= 0.6 is 11.3 Å². The number of hydrogen-bond donors (Lipinski definition) is 2. The van der Waals surface area contributed by atoms with Crippen molar-refractivity contribution in [1.29, 1.82) is 0 Å². The van der Waals surface area contributed by atoms with Crippen molar-refractivity contribution < 1.29 is 14.3 Å². The van der Waals surface area contributed by atoms with Gasteiger partial charge < -0.3 is 15.3 Å². The second-order valence-corrected chi connectivity index (χ2v) is 6.99. The quantitative estimate of drug-likeness (QED) is 0.748. The highest BCUT2D eigenvalue weighted by molar-refractivity contribution is 7.22. The van der Waals surface area contributed by atoms with Gasteiger partial charge in [0.15, 0.2) is 0 Å². The molecule has 8 heteroatoms. The fraction of sp³-hybridized carbons (Fsp3) is 0.235. The maximum Gasteiger partial charge on any atom is 0.273 e. The SMILES string of the molecule is O=C(c1nccc2sc(NCc3cncc(F)c3)cc12)N1CC(O)C1. The third-order valence-electron chi connectivity index (χ3n) is 4.03. The third-order valence-corrected chi connectivity index (χ3v) is 5.08. The molecule has 0 bridgehead atoms. The number of fused-ring (bicyclic) bond motifs is 1. The van der Waals surface area contributed by atoms with Crippen molar-refractivity contribution in [3.05, 3.63) is 53.9 Å². The number of nitrogens with zero attached hydrogens (tertiary/aromatic N) is 3. The molecule has 3 aromatic rings. The molecule has 1 amide bonds. The number of carbonyl (C=O) groups excluding carboxylic acids is 1. The molecule has 0 saturated carbocycles. The molecule has 4 heterocycles. The Hall–Kier alpha value is -2.58. The Labute approximate surface area is 146 Å². The summed E-state index contributed by atoms with van der Waals surface area (Å²) < 4.78 is 14.1. The molecule has 1 aliphatic rings. The lowest BCUT2D eigenvalue weighted by molar-refractivity contribution is 0.00565. The molecule has 128 valence electrons. The van der Waals surface area contributed by atoms with Gasteiger partial charge in [0.05, 0.1) is 17.3 Å². The number of hydrogen-bond acceptors (Lipinski definition) is 6. The van der Waals surface area contributed by atoms with Gasteiger partial charge in [0.2, 0.25) is 0 Å². The second-order valence-electron chi connectivity index (χ2n) is 5.91. The van der Waals surface area contributed by atoms with Gasteiger partial charge in [-0.05, 0) is 23.8 Å². The Kier molecular flexibility index (Phi) is 4.06. The summed E-state index contributed by atoms with van der Waals surface area (Å²) in [6.45, 7) is 1.13. The fourth-order valence-corrected chi connectivity index (χ4v) is 3.69. The van der Waals surface area contributed by atoms with E-state index in [1.807, 2.05) is 12.1 Å². The number of nitrogens with one attached hydrogen (secondary N) is 1. The first-order valence-corrected chi connectivity index (χ1v) is 8.61. The standard InChI is InChI=1S/C17H15FN4O2S/c18-11-3-10(5-19-7-11)6-21-15-4-13-14(25-15)1-2-20-16(13)17(24)22-8-12(23)9-22/h1-5,7,12,21,23H,6,8-9H2. The van der Waals surface area contributed by atoms with Crippen LogP contribution in [0.25, 0.3) is 10.1 Å². The van der Waals surface area contributed by atoms with E-state index in [1.165, 1.54) is 23.6 Å². The van der Waals surface area contributed by atoms with Gasteiger partial charge in [-0.1, -0.05) is 0 Å². The van der Waals surface area contributed by atoms with Crippen molar-refractivity contribution in [2.45, 2.75) is 12.6 Å². The van der Waals surface area contributed by atoms with Crippen molar-refractivity contribution >= 4 is 32.3 Å². The molecule has 0 aliphatic carbocycles. The van der Waals surface area contributed by atoms with Gasteiger partial charge >= 0.3 is 0 Å². The molecule has 0 atom stereocenters. The van der Waals surface area contributed by atoms with E-state index in [2.05, 4.69) is 15.3 Å². The molecule has 0 radical (unpaired) electrons. The lowest BCUT2D eigenvalue weighted by Crippen LogP contribution is -2.53. The highest BCUT2D eigenvalue weighted by atomic mass is 32.1. The number of pyridine rings is 2. The number of carbonyl (C=O) groups is 1. The average molecular weight is 358 g/mol. The van der Waals surface area contributed by atoms with E-state index in [4.69, 9.17) is 0 Å². The molecule has 1 fully saturated rings. The largest absolute Gasteiger partial charge is 0.389 e. The number of aliphatic hydroxyl groups is 1. The minimum Gasteiger partial charge on any atom is -0.389 e. The highest BCUT2D eigenvalue weighted by Gasteiger charge is 2.31. The molecule has 1 aliphatic heterocycles. The van der Waals surface area contributed by atoms with Gasteiger partial charge in [-0.15, -0.1) is 11.3 Å². The van der Waals surface area contributed by atoms with Crippen molar-refractivity contribution in [2.75, 3.05) is 18.4 Å². The summed E-state index contributed by atoms with van der Waals surface area (Å²) in [5, 5.41) is 14.2. The van der Waals surface area contributed by atoms with Gasteiger partial charge in [0.1, 0.15) is 11.5 Å². The van der Waals surface area contributed by atoms with E-state index in [9.17, 15) is 14.3 Å². The van der Waals surface area contributed by atoms with Crippen LogP contribution in [-0.4, -0.2) is 45.1 Å². The van der Waals surface area contributed by atoms with Gasteiger partial charge in [-0.3, -0.25) is 14.8 Å². The number of β-amino-alcohol motifs (C(OH)–C–C–N with tert-alkyl or cyclic N) is 1. The predicted molar refractivity (Wildman–Crippen MR) is 93.1 cm³/mol. The molecular formula is C17H15FN4O2S. The van der Waals surface area contributed by atoms with E-state index in [-0.39, 0.29) is 11.7 Å². The summed E-state index contributed by atoms with van der Waals surface area (Å²) in [6.07, 6.45) is 3.94. The third kappa shape index (κ3) is 3.18. The minimum atomic E-state index is -0.442. The van der Waals surface area contributed by atoms with Crippen molar-refractivity contribution in [2.24, 2.45) is 0 Å². The van der Waals surface area contributed by atoms with Crippen LogP contribution in [0.15, 0.2) is 36.8 Å². The Balaban J connectivity index is 1.55. The lowest BCUT2D eigenvalue weighted by atomic mass is 10.1. The number of halogens is 1. The van der Waals surface area contributed by atoms with E-state index < -0.39 is 6.10 Å². The predicted octanol–water partition coefficient (Wildman–Crippen LogP) is 2.26. The molecular weight excluding hydrogens is 343 g/mol. The number of likely N-dealkylation sites (tertiary alicyclic amines) is 1. The first-order valence-electron chi connectivity index (χ1n) is 7.79. The normalized spacial score (nSPS) is 14.6. The topological polar surface area (TPSA) is 78.4 Å². The van der Waals surface area contributed by atoms with Crippen LogP contribution in [0.2, 0.25) is 0 Å². The number of anilines is 1.